The predicted octanol–water partition coefficient (Wildman–Crippen LogP) is 2.82. The van der Waals surface area contributed by atoms with Crippen molar-refractivity contribution >= 4 is 23.2 Å². The number of ether oxygens (including phenoxy) is 1. The fourth-order valence-corrected chi connectivity index (χ4v) is 1.70. The normalized spacial score (nSPS) is 12.8. The quantitative estimate of drug-likeness (QED) is 0.799. The van der Waals surface area contributed by atoms with E-state index in [2.05, 4.69) is 5.32 Å². The van der Waals surface area contributed by atoms with Gasteiger partial charge in [0.1, 0.15) is 5.82 Å². The molecule has 0 aliphatic heterocycles. The molecule has 1 aromatic rings. The minimum absolute atomic E-state index is 0.0997. The molecule has 1 N–H and O–H groups in total. The zero-order valence-corrected chi connectivity index (χ0v) is 10.5. The van der Waals surface area contributed by atoms with Crippen LogP contribution in [0.5, 0.6) is 0 Å². The second-order valence-electron chi connectivity index (χ2n) is 3.42. The van der Waals surface area contributed by atoms with Gasteiger partial charge >= 0.3 is 0 Å². The van der Waals surface area contributed by atoms with Crippen molar-refractivity contribution in [1.29, 1.82) is 0 Å². The third kappa shape index (κ3) is 4.66. The number of halogens is 3. The Hall–Kier alpha value is -0.350. The smallest absolute Gasteiger partial charge is 0.123 e. The van der Waals surface area contributed by atoms with Crippen molar-refractivity contribution in [3.05, 3.63) is 34.6 Å². The van der Waals surface area contributed by atoms with Gasteiger partial charge in [-0.3, -0.25) is 0 Å². The van der Waals surface area contributed by atoms with Crippen LogP contribution in [0.15, 0.2) is 18.2 Å². The van der Waals surface area contributed by atoms with E-state index in [0.717, 1.165) is 5.56 Å². The first-order chi connectivity index (χ1) is 7.63. The SMILES string of the molecule is COCC(Cl)CNCc1cc(F)ccc1Cl. The highest BCUT2D eigenvalue weighted by molar-refractivity contribution is 6.31. The highest BCUT2D eigenvalue weighted by Crippen LogP contribution is 2.16. The Balaban J connectivity index is 2.39. The Morgan fingerprint density at radius 3 is 2.94 bits per heavy atom. The van der Waals surface area contributed by atoms with Gasteiger partial charge in [-0.2, -0.15) is 0 Å². The van der Waals surface area contributed by atoms with Gasteiger partial charge in [0, 0.05) is 25.2 Å². The Morgan fingerprint density at radius 2 is 2.25 bits per heavy atom. The van der Waals surface area contributed by atoms with Crippen LogP contribution in [-0.2, 0) is 11.3 Å². The maximum Gasteiger partial charge on any atom is 0.123 e. The standard InChI is InChI=1S/C11H14Cl2FNO/c1-16-7-9(12)6-15-5-8-4-10(14)2-3-11(8)13/h2-4,9,15H,5-7H2,1H3. The van der Waals surface area contributed by atoms with Gasteiger partial charge in [0.15, 0.2) is 0 Å². The molecule has 0 saturated heterocycles. The van der Waals surface area contributed by atoms with Gasteiger partial charge in [0.25, 0.3) is 0 Å². The van der Waals surface area contributed by atoms with Crippen LogP contribution in [0.3, 0.4) is 0 Å². The van der Waals surface area contributed by atoms with E-state index in [1.54, 1.807) is 13.2 Å². The number of hydrogen-bond acceptors (Lipinski definition) is 2. The third-order valence-corrected chi connectivity index (χ3v) is 2.69. The minimum atomic E-state index is -0.291. The van der Waals surface area contributed by atoms with E-state index in [1.165, 1.54) is 12.1 Å². The lowest BCUT2D eigenvalue weighted by molar-refractivity contribution is 0.197. The van der Waals surface area contributed by atoms with Crippen LogP contribution < -0.4 is 5.32 Å². The first-order valence-electron chi connectivity index (χ1n) is 4.91. The molecule has 1 rings (SSSR count). The van der Waals surface area contributed by atoms with Gasteiger partial charge in [0.2, 0.25) is 0 Å². The zero-order chi connectivity index (χ0) is 12.0. The fourth-order valence-electron chi connectivity index (χ4n) is 1.28. The molecule has 1 aromatic carbocycles. The predicted molar refractivity (Wildman–Crippen MR) is 64.6 cm³/mol. The van der Waals surface area contributed by atoms with Crippen LogP contribution in [0.4, 0.5) is 4.39 Å². The van der Waals surface area contributed by atoms with E-state index in [-0.39, 0.29) is 11.2 Å². The lowest BCUT2D eigenvalue weighted by Gasteiger charge is -2.10. The molecule has 16 heavy (non-hydrogen) atoms. The van der Waals surface area contributed by atoms with E-state index in [9.17, 15) is 4.39 Å². The van der Waals surface area contributed by atoms with Crippen molar-refractivity contribution in [3.63, 3.8) is 0 Å². The summed E-state index contributed by atoms with van der Waals surface area (Å²) in [7, 11) is 1.60. The van der Waals surface area contributed by atoms with Gasteiger partial charge in [-0.25, -0.2) is 4.39 Å². The summed E-state index contributed by atoms with van der Waals surface area (Å²) in [4.78, 5) is 0. The van der Waals surface area contributed by atoms with E-state index in [4.69, 9.17) is 27.9 Å². The molecule has 1 atom stereocenters. The molecule has 0 bridgehead atoms. The number of alkyl halides is 1. The molecular formula is C11H14Cl2FNO. The first kappa shape index (κ1) is 13.7. The van der Waals surface area contributed by atoms with E-state index >= 15 is 0 Å². The number of methoxy groups -OCH3 is 1. The number of rotatable bonds is 6. The molecule has 0 aliphatic rings. The largest absolute Gasteiger partial charge is 0.383 e. The number of benzene rings is 1. The highest BCUT2D eigenvalue weighted by atomic mass is 35.5. The van der Waals surface area contributed by atoms with Crippen molar-refractivity contribution in [2.75, 3.05) is 20.3 Å². The van der Waals surface area contributed by atoms with Crippen molar-refractivity contribution in [2.45, 2.75) is 11.9 Å². The summed E-state index contributed by atoms with van der Waals surface area (Å²) in [6.45, 7) is 1.55. The van der Waals surface area contributed by atoms with Crippen LogP contribution in [0.1, 0.15) is 5.56 Å². The summed E-state index contributed by atoms with van der Waals surface area (Å²) in [5.41, 5.74) is 0.725. The topological polar surface area (TPSA) is 21.3 Å². The van der Waals surface area contributed by atoms with Crippen molar-refractivity contribution in [2.24, 2.45) is 0 Å². The van der Waals surface area contributed by atoms with E-state index < -0.39 is 0 Å². The molecule has 2 nitrogen and oxygen atoms in total. The lowest BCUT2D eigenvalue weighted by Crippen LogP contribution is -2.26. The molecule has 0 amide bonds. The average Bonchev–Trinajstić information content (AvgIpc) is 2.23. The summed E-state index contributed by atoms with van der Waals surface area (Å²) in [5, 5.41) is 3.54. The summed E-state index contributed by atoms with van der Waals surface area (Å²) >= 11 is 11.8. The van der Waals surface area contributed by atoms with Crippen LogP contribution in [0, 0.1) is 5.82 Å². The average molecular weight is 266 g/mol. The summed E-state index contributed by atoms with van der Waals surface area (Å²) in [5.74, 6) is -0.291. The third-order valence-electron chi connectivity index (χ3n) is 2.04. The molecular weight excluding hydrogens is 252 g/mol. The molecule has 5 heteroatoms. The van der Waals surface area contributed by atoms with Gasteiger partial charge in [-0.1, -0.05) is 11.6 Å². The monoisotopic (exact) mass is 265 g/mol. The van der Waals surface area contributed by atoms with Gasteiger partial charge in [0.05, 0.1) is 12.0 Å². The summed E-state index contributed by atoms with van der Waals surface area (Å²) < 4.78 is 17.8. The molecule has 0 aromatic heterocycles. The van der Waals surface area contributed by atoms with Crippen LogP contribution in [0.2, 0.25) is 5.02 Å². The Bertz CT molecular complexity index is 336. The Kier molecular flexibility index (Phi) is 6.06. The van der Waals surface area contributed by atoms with Gasteiger partial charge in [-0.05, 0) is 23.8 Å². The summed E-state index contributed by atoms with van der Waals surface area (Å²) in [6.07, 6.45) is 0. The second kappa shape index (κ2) is 7.07. The Morgan fingerprint density at radius 1 is 1.50 bits per heavy atom. The van der Waals surface area contributed by atoms with Gasteiger partial charge in [-0.15, -0.1) is 11.6 Å². The fraction of sp³-hybridized carbons (Fsp3) is 0.455. The molecule has 0 saturated carbocycles. The molecule has 0 aliphatic carbocycles. The van der Waals surface area contributed by atoms with Crippen LogP contribution in [-0.4, -0.2) is 25.6 Å². The number of nitrogens with one attached hydrogen (secondary N) is 1. The van der Waals surface area contributed by atoms with Gasteiger partial charge < -0.3 is 10.1 Å². The maximum atomic E-state index is 12.9. The van der Waals surface area contributed by atoms with Crippen molar-refractivity contribution in [3.8, 4) is 0 Å². The second-order valence-corrected chi connectivity index (χ2v) is 4.44. The van der Waals surface area contributed by atoms with Crippen molar-refractivity contribution in [1.82, 2.24) is 5.32 Å². The van der Waals surface area contributed by atoms with Crippen LogP contribution >= 0.6 is 23.2 Å². The molecule has 90 valence electrons. The van der Waals surface area contributed by atoms with Crippen LogP contribution in [0.25, 0.3) is 0 Å². The Labute approximate surface area is 105 Å². The molecule has 1 unspecified atom stereocenters. The zero-order valence-electron chi connectivity index (χ0n) is 8.97. The molecule has 0 radical (unpaired) electrons. The summed E-state index contributed by atoms with van der Waals surface area (Å²) in [6, 6.07) is 4.29. The molecule has 0 spiro atoms. The molecule has 0 heterocycles. The molecule has 0 fully saturated rings. The first-order valence-corrected chi connectivity index (χ1v) is 5.72. The van der Waals surface area contributed by atoms with Crippen molar-refractivity contribution < 1.29 is 9.13 Å². The van der Waals surface area contributed by atoms with E-state index in [0.29, 0.717) is 24.7 Å². The number of hydrogen-bond donors (Lipinski definition) is 1. The highest BCUT2D eigenvalue weighted by Gasteiger charge is 2.05. The minimum Gasteiger partial charge on any atom is -0.383 e. The lowest BCUT2D eigenvalue weighted by atomic mass is 10.2. The van der Waals surface area contributed by atoms with E-state index in [1.807, 2.05) is 0 Å². The maximum absolute atomic E-state index is 12.9.